The first-order valence-corrected chi connectivity index (χ1v) is 11.2. The molecule has 2 aromatic carbocycles. The van der Waals surface area contributed by atoms with Gasteiger partial charge in [0, 0.05) is 23.1 Å². The van der Waals surface area contributed by atoms with E-state index in [9.17, 15) is 9.59 Å². The first kappa shape index (κ1) is 21.8. The van der Waals surface area contributed by atoms with Gasteiger partial charge in [0.25, 0.3) is 5.91 Å². The number of amides is 1. The van der Waals surface area contributed by atoms with E-state index < -0.39 is 5.97 Å². The summed E-state index contributed by atoms with van der Waals surface area (Å²) < 4.78 is 11.1. The van der Waals surface area contributed by atoms with E-state index in [-0.39, 0.29) is 18.6 Å². The molecule has 1 fully saturated rings. The number of carbonyl (C=O) groups excluding carboxylic acids is 2. The number of nitrogens with zero attached hydrogens (tertiary/aromatic N) is 1. The molecule has 0 unspecified atom stereocenters. The Bertz CT molecular complexity index is 1090. The van der Waals surface area contributed by atoms with Crippen LogP contribution in [-0.4, -0.2) is 36.1 Å². The third kappa shape index (κ3) is 5.25. The SMILES string of the molecule is CCOC(=O)c1ccc2nc(-c3ccccc3)cc(OCC(=O)NC3CCCCC3)c2c1. The lowest BCUT2D eigenvalue weighted by atomic mass is 9.95. The normalized spacial score (nSPS) is 14.2. The van der Waals surface area contributed by atoms with Crippen molar-refractivity contribution in [2.45, 2.75) is 45.1 Å². The lowest BCUT2D eigenvalue weighted by Crippen LogP contribution is -2.39. The van der Waals surface area contributed by atoms with Crippen LogP contribution in [0.15, 0.2) is 54.6 Å². The number of hydrogen-bond donors (Lipinski definition) is 1. The fraction of sp³-hybridized carbons (Fsp3) is 0.346. The third-order valence-electron chi connectivity index (χ3n) is 5.68. The predicted molar refractivity (Wildman–Crippen MR) is 124 cm³/mol. The highest BCUT2D eigenvalue weighted by Gasteiger charge is 2.17. The number of carbonyl (C=O) groups is 2. The van der Waals surface area contributed by atoms with Gasteiger partial charge in [0.05, 0.1) is 23.4 Å². The molecule has 1 aliphatic carbocycles. The largest absolute Gasteiger partial charge is 0.483 e. The Morgan fingerprint density at radius 2 is 1.81 bits per heavy atom. The summed E-state index contributed by atoms with van der Waals surface area (Å²) in [5, 5.41) is 3.74. The number of pyridine rings is 1. The monoisotopic (exact) mass is 432 g/mol. The van der Waals surface area contributed by atoms with E-state index in [1.165, 1.54) is 6.42 Å². The van der Waals surface area contributed by atoms with Gasteiger partial charge in [0.2, 0.25) is 0 Å². The van der Waals surface area contributed by atoms with Crippen LogP contribution in [0, 0.1) is 0 Å². The second kappa shape index (κ2) is 10.3. The summed E-state index contributed by atoms with van der Waals surface area (Å²) in [6.45, 7) is 1.98. The molecule has 0 aliphatic heterocycles. The molecule has 0 saturated heterocycles. The minimum absolute atomic E-state index is 0.0898. The standard InChI is InChI=1S/C26H28N2O4/c1-2-31-26(30)19-13-14-22-21(15-19)24(16-23(28-22)18-9-5-3-6-10-18)32-17-25(29)27-20-11-7-4-8-12-20/h3,5-6,9-10,13-16,20H,2,4,7-8,11-12,17H2,1H3,(H,27,29). The van der Waals surface area contributed by atoms with Gasteiger partial charge in [0.1, 0.15) is 5.75 Å². The number of hydrogen-bond acceptors (Lipinski definition) is 5. The Balaban J connectivity index is 1.62. The first-order chi connectivity index (χ1) is 15.6. The van der Waals surface area contributed by atoms with Crippen LogP contribution in [0.4, 0.5) is 0 Å². The maximum Gasteiger partial charge on any atom is 0.338 e. The van der Waals surface area contributed by atoms with Gasteiger partial charge < -0.3 is 14.8 Å². The van der Waals surface area contributed by atoms with Crippen molar-refractivity contribution in [3.63, 3.8) is 0 Å². The topological polar surface area (TPSA) is 77.5 Å². The molecule has 1 aliphatic rings. The molecular formula is C26H28N2O4. The summed E-state index contributed by atoms with van der Waals surface area (Å²) in [5.41, 5.74) is 2.79. The second-order valence-electron chi connectivity index (χ2n) is 8.02. The van der Waals surface area contributed by atoms with Gasteiger partial charge in [-0.15, -0.1) is 0 Å². The van der Waals surface area contributed by atoms with Crippen LogP contribution < -0.4 is 10.1 Å². The van der Waals surface area contributed by atoms with E-state index in [4.69, 9.17) is 14.5 Å². The van der Waals surface area contributed by atoms with Crippen molar-refractivity contribution in [3.8, 4) is 17.0 Å². The average molecular weight is 433 g/mol. The van der Waals surface area contributed by atoms with Crippen molar-refractivity contribution in [2.24, 2.45) is 0 Å². The molecule has 1 aromatic heterocycles. The Morgan fingerprint density at radius 1 is 1.03 bits per heavy atom. The quantitative estimate of drug-likeness (QED) is 0.537. The highest BCUT2D eigenvalue weighted by atomic mass is 16.5. The van der Waals surface area contributed by atoms with Crippen LogP contribution in [0.5, 0.6) is 5.75 Å². The Labute approximate surface area is 187 Å². The molecule has 1 amide bonds. The van der Waals surface area contributed by atoms with E-state index >= 15 is 0 Å². The fourth-order valence-electron chi connectivity index (χ4n) is 4.07. The van der Waals surface area contributed by atoms with Crippen molar-refractivity contribution in [1.82, 2.24) is 10.3 Å². The van der Waals surface area contributed by atoms with Crippen LogP contribution in [0.1, 0.15) is 49.4 Å². The van der Waals surface area contributed by atoms with Crippen LogP contribution in [0.2, 0.25) is 0 Å². The summed E-state index contributed by atoms with van der Waals surface area (Å²) in [5.74, 6) is -0.0222. The van der Waals surface area contributed by atoms with E-state index in [1.807, 2.05) is 36.4 Å². The summed E-state index contributed by atoms with van der Waals surface area (Å²) in [4.78, 5) is 29.5. The lowest BCUT2D eigenvalue weighted by molar-refractivity contribution is -0.124. The Morgan fingerprint density at radius 3 is 2.56 bits per heavy atom. The number of ether oxygens (including phenoxy) is 2. The van der Waals surface area contributed by atoms with Gasteiger partial charge in [-0.3, -0.25) is 4.79 Å². The van der Waals surface area contributed by atoms with Crippen LogP contribution in [0.25, 0.3) is 22.2 Å². The Hall–Kier alpha value is -3.41. The summed E-state index contributed by atoms with van der Waals surface area (Å²) in [6, 6.07) is 17.0. The van der Waals surface area contributed by atoms with Crippen molar-refractivity contribution in [1.29, 1.82) is 0 Å². The molecule has 0 spiro atoms. The molecule has 1 heterocycles. The molecular weight excluding hydrogens is 404 g/mol. The highest BCUT2D eigenvalue weighted by Crippen LogP contribution is 2.31. The summed E-state index contributed by atoms with van der Waals surface area (Å²) in [7, 11) is 0. The number of benzene rings is 2. The maximum atomic E-state index is 12.5. The molecule has 3 aromatic rings. The minimum Gasteiger partial charge on any atom is -0.483 e. The van der Waals surface area contributed by atoms with E-state index in [2.05, 4.69) is 5.32 Å². The third-order valence-corrected chi connectivity index (χ3v) is 5.68. The van der Waals surface area contributed by atoms with E-state index in [1.54, 1.807) is 25.1 Å². The van der Waals surface area contributed by atoms with Gasteiger partial charge in [-0.1, -0.05) is 49.6 Å². The molecule has 6 heteroatoms. The number of rotatable bonds is 7. The van der Waals surface area contributed by atoms with Crippen molar-refractivity contribution < 1.29 is 19.1 Å². The minimum atomic E-state index is -0.400. The number of esters is 1. The van der Waals surface area contributed by atoms with Crippen molar-refractivity contribution in [2.75, 3.05) is 13.2 Å². The Kier molecular flexibility index (Phi) is 7.00. The number of aromatic nitrogens is 1. The highest BCUT2D eigenvalue weighted by molar-refractivity contribution is 5.97. The van der Waals surface area contributed by atoms with Crippen LogP contribution in [0.3, 0.4) is 0 Å². The zero-order valence-electron chi connectivity index (χ0n) is 18.3. The molecule has 32 heavy (non-hydrogen) atoms. The smallest absolute Gasteiger partial charge is 0.338 e. The fourth-order valence-corrected chi connectivity index (χ4v) is 4.07. The number of nitrogens with one attached hydrogen (secondary N) is 1. The lowest BCUT2D eigenvalue weighted by Gasteiger charge is -2.22. The first-order valence-electron chi connectivity index (χ1n) is 11.2. The molecule has 1 N–H and O–H groups in total. The molecule has 166 valence electrons. The van der Waals surface area contributed by atoms with Gasteiger partial charge in [-0.25, -0.2) is 9.78 Å². The van der Waals surface area contributed by atoms with Crippen LogP contribution in [-0.2, 0) is 9.53 Å². The van der Waals surface area contributed by atoms with E-state index in [0.717, 1.165) is 36.9 Å². The van der Waals surface area contributed by atoms with Gasteiger partial charge in [-0.2, -0.15) is 0 Å². The molecule has 1 saturated carbocycles. The molecule has 0 radical (unpaired) electrons. The average Bonchev–Trinajstić information content (AvgIpc) is 2.83. The summed E-state index contributed by atoms with van der Waals surface area (Å²) in [6.07, 6.45) is 5.57. The molecule has 0 atom stereocenters. The zero-order chi connectivity index (χ0) is 22.3. The molecule has 6 nitrogen and oxygen atoms in total. The van der Waals surface area contributed by atoms with Crippen LogP contribution >= 0.6 is 0 Å². The number of fused-ring (bicyclic) bond motifs is 1. The van der Waals surface area contributed by atoms with Crippen molar-refractivity contribution in [3.05, 3.63) is 60.2 Å². The van der Waals surface area contributed by atoms with E-state index in [0.29, 0.717) is 28.8 Å². The maximum absolute atomic E-state index is 12.5. The zero-order valence-corrected chi connectivity index (χ0v) is 18.3. The molecule has 4 rings (SSSR count). The van der Waals surface area contributed by atoms with Gasteiger partial charge >= 0.3 is 5.97 Å². The predicted octanol–water partition coefficient (Wildman–Crippen LogP) is 4.91. The van der Waals surface area contributed by atoms with Gasteiger partial charge in [-0.05, 0) is 38.0 Å². The second-order valence-corrected chi connectivity index (χ2v) is 8.02. The summed E-state index contributed by atoms with van der Waals surface area (Å²) >= 11 is 0. The van der Waals surface area contributed by atoms with Crippen molar-refractivity contribution >= 4 is 22.8 Å². The molecule has 0 bridgehead atoms. The van der Waals surface area contributed by atoms with Gasteiger partial charge in [0.15, 0.2) is 6.61 Å².